The molecule has 3 aliphatic rings. The second kappa shape index (κ2) is 4.42. The van der Waals surface area contributed by atoms with Crippen molar-refractivity contribution in [1.29, 1.82) is 0 Å². The van der Waals surface area contributed by atoms with Gasteiger partial charge in [0.25, 0.3) is 0 Å². The van der Waals surface area contributed by atoms with E-state index in [0.29, 0.717) is 5.17 Å². The fraction of sp³-hybridized carbons (Fsp3) is 0.167. The van der Waals surface area contributed by atoms with Gasteiger partial charge in [-0.05, 0) is 27.4 Å². The second-order valence-corrected chi connectivity index (χ2v) is 7.20. The zero-order valence-corrected chi connectivity index (χ0v) is 12.8. The minimum Gasteiger partial charge on any atom is -0.379 e. The first-order chi connectivity index (χ1) is 9.74. The number of aromatic nitrogens is 2. The Balaban J connectivity index is 1.82. The van der Waals surface area contributed by atoms with Crippen LogP contribution in [0.25, 0.3) is 6.08 Å². The highest BCUT2D eigenvalue weighted by molar-refractivity contribution is 9.12. The van der Waals surface area contributed by atoms with Crippen molar-refractivity contribution in [3.63, 3.8) is 0 Å². The van der Waals surface area contributed by atoms with Gasteiger partial charge in [0.1, 0.15) is 16.8 Å². The monoisotopic (exact) mass is 350 g/mol. The van der Waals surface area contributed by atoms with Crippen LogP contribution in [0.5, 0.6) is 0 Å². The molecule has 0 bridgehead atoms. The smallest absolute Gasteiger partial charge is 0.179 e. The molecule has 20 heavy (non-hydrogen) atoms. The molecule has 0 spiro atoms. The molecule has 0 aromatic carbocycles. The summed E-state index contributed by atoms with van der Waals surface area (Å²) in [5.41, 5.74) is 6.89. The fourth-order valence-electron chi connectivity index (χ4n) is 2.35. The maximum Gasteiger partial charge on any atom is 0.179 e. The lowest BCUT2D eigenvalue weighted by atomic mass is 10.2. The van der Waals surface area contributed by atoms with Crippen molar-refractivity contribution in [3.8, 4) is 0 Å². The Morgan fingerprint density at radius 2 is 2.30 bits per heavy atom. The predicted molar refractivity (Wildman–Crippen MR) is 86.6 cm³/mol. The number of anilines is 1. The van der Waals surface area contributed by atoms with Crippen molar-refractivity contribution in [2.45, 2.75) is 5.16 Å². The third kappa shape index (κ3) is 1.71. The summed E-state index contributed by atoms with van der Waals surface area (Å²) in [5.74, 6) is 1.85. The lowest BCUT2D eigenvalue weighted by Gasteiger charge is -2.26. The molecule has 1 aromatic rings. The summed E-state index contributed by atoms with van der Waals surface area (Å²) >= 11 is 3.55. The first kappa shape index (κ1) is 12.1. The van der Waals surface area contributed by atoms with E-state index in [-0.39, 0.29) is 0 Å². The van der Waals surface area contributed by atoms with Crippen LogP contribution < -0.4 is 10.6 Å². The Morgan fingerprint density at radius 1 is 1.40 bits per heavy atom. The summed E-state index contributed by atoms with van der Waals surface area (Å²) in [6.45, 7) is 1.63. The van der Waals surface area contributed by atoms with E-state index in [1.165, 1.54) is 0 Å². The van der Waals surface area contributed by atoms with Crippen molar-refractivity contribution in [2.75, 3.05) is 18.0 Å². The van der Waals surface area contributed by atoms with E-state index in [1.807, 2.05) is 17.7 Å². The number of aliphatic imine (C=N–C) groups is 2. The summed E-state index contributed by atoms with van der Waals surface area (Å²) < 4.78 is 0.978. The maximum atomic E-state index is 5.90. The molecule has 0 radical (unpaired) electrons. The predicted octanol–water partition coefficient (Wildman–Crippen LogP) is 1.60. The summed E-state index contributed by atoms with van der Waals surface area (Å²) in [6, 6.07) is 0. The average Bonchev–Trinajstić information content (AvgIpc) is 3.08. The van der Waals surface area contributed by atoms with Crippen molar-refractivity contribution in [3.05, 3.63) is 27.9 Å². The van der Waals surface area contributed by atoms with Crippen LogP contribution in [0.1, 0.15) is 5.56 Å². The number of hydrogen-bond donors (Lipinski definition) is 2. The van der Waals surface area contributed by atoms with Crippen molar-refractivity contribution >= 4 is 49.7 Å². The highest BCUT2D eigenvalue weighted by atomic mass is 79.9. The van der Waals surface area contributed by atoms with E-state index in [0.717, 1.165) is 39.9 Å². The third-order valence-electron chi connectivity index (χ3n) is 3.26. The average molecular weight is 351 g/mol. The first-order valence-electron chi connectivity index (χ1n) is 6.10. The first-order valence-corrected chi connectivity index (χ1v) is 8.30. The zero-order chi connectivity index (χ0) is 13.7. The van der Waals surface area contributed by atoms with E-state index >= 15 is 0 Å². The Kier molecular flexibility index (Phi) is 2.67. The molecule has 1 atom stereocenters. The number of amidine groups is 2. The summed E-state index contributed by atoms with van der Waals surface area (Å²) in [5, 5.41) is 3.31. The largest absolute Gasteiger partial charge is 0.379 e. The lowest BCUT2D eigenvalue weighted by Crippen LogP contribution is -2.31. The van der Waals surface area contributed by atoms with Crippen LogP contribution >= 0.6 is 26.8 Å². The van der Waals surface area contributed by atoms with Crippen molar-refractivity contribution in [2.24, 2.45) is 15.7 Å². The normalized spacial score (nSPS) is 24.9. The molecule has 0 fully saturated rings. The van der Waals surface area contributed by atoms with Gasteiger partial charge in [-0.2, -0.15) is 0 Å². The molecule has 1 aromatic heterocycles. The van der Waals surface area contributed by atoms with Gasteiger partial charge in [0.15, 0.2) is 5.16 Å². The summed E-state index contributed by atoms with van der Waals surface area (Å²) in [7, 11) is -0.820. The van der Waals surface area contributed by atoms with E-state index < -0.39 is 10.9 Å². The minimum atomic E-state index is -0.820. The van der Waals surface area contributed by atoms with Crippen LogP contribution in [0.2, 0.25) is 0 Å². The quantitative estimate of drug-likeness (QED) is 0.595. The molecule has 3 aliphatic heterocycles. The van der Waals surface area contributed by atoms with Gasteiger partial charge in [0, 0.05) is 24.5 Å². The molecule has 0 aliphatic carbocycles. The van der Waals surface area contributed by atoms with Gasteiger partial charge in [-0.25, -0.2) is 15.0 Å². The van der Waals surface area contributed by atoms with Gasteiger partial charge in [-0.3, -0.25) is 4.99 Å². The van der Waals surface area contributed by atoms with Gasteiger partial charge in [0.2, 0.25) is 0 Å². The number of rotatable bonds is 1. The molecular formula is C12H11BrN6S. The molecule has 4 heterocycles. The molecule has 2 N–H and O–H groups in total. The minimum absolute atomic E-state index is 0.600. The van der Waals surface area contributed by atoms with Crippen LogP contribution in [0.15, 0.2) is 37.4 Å². The topological polar surface area (TPSA) is 79.8 Å². The molecule has 8 heteroatoms. The summed E-state index contributed by atoms with van der Waals surface area (Å²) in [6.07, 6.45) is 5.58. The molecule has 0 saturated carbocycles. The summed E-state index contributed by atoms with van der Waals surface area (Å²) in [4.78, 5) is 19.9. The van der Waals surface area contributed by atoms with Gasteiger partial charge in [0.05, 0.1) is 11.0 Å². The molecule has 6 nitrogen and oxygen atoms in total. The fourth-order valence-corrected chi connectivity index (χ4v) is 4.20. The van der Waals surface area contributed by atoms with E-state index in [4.69, 9.17) is 10.7 Å². The SMILES string of the molecule is NC1=NC=C[SH]1c1ncc2c(n1)N1CCN=C1C(Br)=C2. The number of hydrogen-bond acceptors (Lipinski definition) is 6. The second-order valence-electron chi connectivity index (χ2n) is 4.45. The third-order valence-corrected chi connectivity index (χ3v) is 5.53. The van der Waals surface area contributed by atoms with Gasteiger partial charge in [-0.1, -0.05) is 0 Å². The van der Waals surface area contributed by atoms with E-state index in [2.05, 4.69) is 35.8 Å². The lowest BCUT2D eigenvalue weighted by molar-refractivity contribution is 0.916. The molecule has 4 rings (SSSR count). The van der Waals surface area contributed by atoms with Crippen LogP contribution in [0.3, 0.4) is 0 Å². The number of nitrogens with zero attached hydrogens (tertiary/aromatic N) is 5. The Labute approximate surface area is 126 Å². The van der Waals surface area contributed by atoms with Crippen molar-refractivity contribution < 1.29 is 0 Å². The van der Waals surface area contributed by atoms with Crippen LogP contribution in [-0.4, -0.2) is 34.1 Å². The highest BCUT2D eigenvalue weighted by Gasteiger charge is 2.29. The molecule has 0 amide bonds. The number of nitrogens with two attached hydrogens (primary N) is 1. The molecule has 1 unspecified atom stereocenters. The Morgan fingerprint density at radius 3 is 3.10 bits per heavy atom. The van der Waals surface area contributed by atoms with E-state index in [1.54, 1.807) is 6.20 Å². The Bertz CT molecular complexity index is 723. The number of halogens is 1. The number of thiol groups is 1. The van der Waals surface area contributed by atoms with Gasteiger partial charge < -0.3 is 10.6 Å². The maximum absolute atomic E-state index is 5.90. The zero-order valence-electron chi connectivity index (χ0n) is 10.4. The molecular weight excluding hydrogens is 340 g/mol. The highest BCUT2D eigenvalue weighted by Crippen LogP contribution is 2.40. The van der Waals surface area contributed by atoms with Crippen LogP contribution in [-0.2, 0) is 0 Å². The van der Waals surface area contributed by atoms with Crippen molar-refractivity contribution in [1.82, 2.24) is 9.97 Å². The standard InChI is InChI=1S/C12H11BrN6S/c13-8-5-7-6-17-12(20-4-2-16-11(20)14)18-9(7)19-3-1-15-10(8)19/h2,4-6,20H,1,3H2,(H2,14,16). The molecule has 102 valence electrons. The van der Waals surface area contributed by atoms with Crippen LogP contribution in [0, 0.1) is 0 Å². The van der Waals surface area contributed by atoms with E-state index in [9.17, 15) is 0 Å². The van der Waals surface area contributed by atoms with Gasteiger partial charge in [-0.15, -0.1) is 10.9 Å². The number of fused-ring (bicyclic) bond motifs is 3. The van der Waals surface area contributed by atoms with Crippen LogP contribution in [0.4, 0.5) is 5.82 Å². The Hall–Kier alpha value is -1.67. The van der Waals surface area contributed by atoms with Gasteiger partial charge >= 0.3 is 0 Å². The molecule has 0 saturated heterocycles.